The van der Waals surface area contributed by atoms with Gasteiger partial charge in [0.15, 0.2) is 0 Å². The van der Waals surface area contributed by atoms with Gasteiger partial charge in [-0.3, -0.25) is 4.79 Å². The van der Waals surface area contributed by atoms with Crippen LogP contribution in [0.4, 0.5) is 0 Å². The van der Waals surface area contributed by atoms with E-state index < -0.39 is 0 Å². The van der Waals surface area contributed by atoms with Crippen LogP contribution < -0.4 is 10.1 Å². The monoisotopic (exact) mass is 224 g/mol. The molecule has 0 aliphatic heterocycles. The standard InChI is InChI=1S/C11H16N2O3/c1-8(11(14)16-3)12-6-9-4-5-10(15-2)13-7-9/h4-5,7-8,12H,6H2,1-3H3. The maximum absolute atomic E-state index is 11.1. The van der Waals surface area contributed by atoms with Gasteiger partial charge < -0.3 is 14.8 Å². The number of hydrogen-bond acceptors (Lipinski definition) is 5. The summed E-state index contributed by atoms with van der Waals surface area (Å²) in [7, 11) is 2.94. The second kappa shape index (κ2) is 6.07. The average molecular weight is 224 g/mol. The molecular weight excluding hydrogens is 208 g/mol. The van der Waals surface area contributed by atoms with E-state index in [-0.39, 0.29) is 12.0 Å². The molecule has 0 fully saturated rings. The van der Waals surface area contributed by atoms with Gasteiger partial charge in [0.1, 0.15) is 6.04 Å². The fourth-order valence-corrected chi connectivity index (χ4v) is 1.17. The molecule has 1 unspecified atom stereocenters. The Balaban J connectivity index is 2.45. The molecule has 5 heteroatoms. The van der Waals surface area contributed by atoms with E-state index in [1.54, 1.807) is 26.3 Å². The van der Waals surface area contributed by atoms with Crippen LogP contribution >= 0.6 is 0 Å². The summed E-state index contributed by atoms with van der Waals surface area (Å²) >= 11 is 0. The average Bonchev–Trinajstić information content (AvgIpc) is 2.35. The molecule has 16 heavy (non-hydrogen) atoms. The molecule has 1 aromatic rings. The third-order valence-electron chi connectivity index (χ3n) is 2.17. The molecular formula is C11H16N2O3. The molecule has 5 nitrogen and oxygen atoms in total. The summed E-state index contributed by atoms with van der Waals surface area (Å²) in [6.45, 7) is 2.32. The van der Waals surface area contributed by atoms with Crippen LogP contribution in [0.5, 0.6) is 5.88 Å². The first kappa shape index (κ1) is 12.4. The second-order valence-corrected chi connectivity index (χ2v) is 3.33. The van der Waals surface area contributed by atoms with Gasteiger partial charge in [-0.2, -0.15) is 0 Å². The second-order valence-electron chi connectivity index (χ2n) is 3.33. The summed E-state index contributed by atoms with van der Waals surface area (Å²) < 4.78 is 9.54. The number of pyridine rings is 1. The van der Waals surface area contributed by atoms with E-state index in [1.807, 2.05) is 6.07 Å². The molecule has 0 spiro atoms. The number of carbonyl (C=O) groups is 1. The smallest absolute Gasteiger partial charge is 0.322 e. The van der Waals surface area contributed by atoms with Crippen LogP contribution in [0, 0.1) is 0 Å². The molecule has 1 heterocycles. The Kier molecular flexibility index (Phi) is 4.72. The highest BCUT2D eigenvalue weighted by Gasteiger charge is 2.11. The first-order valence-corrected chi connectivity index (χ1v) is 4.97. The summed E-state index contributed by atoms with van der Waals surface area (Å²) in [6, 6.07) is 3.34. The van der Waals surface area contributed by atoms with Crippen molar-refractivity contribution in [1.82, 2.24) is 10.3 Å². The number of rotatable bonds is 5. The number of aromatic nitrogens is 1. The van der Waals surface area contributed by atoms with Crippen molar-refractivity contribution >= 4 is 5.97 Å². The largest absolute Gasteiger partial charge is 0.481 e. The quantitative estimate of drug-likeness (QED) is 0.747. The number of nitrogens with one attached hydrogen (secondary N) is 1. The summed E-state index contributed by atoms with van der Waals surface area (Å²) in [5.74, 6) is 0.297. The van der Waals surface area contributed by atoms with Crippen LogP contribution in [0.1, 0.15) is 12.5 Å². The molecule has 0 aromatic carbocycles. The van der Waals surface area contributed by atoms with E-state index in [0.29, 0.717) is 12.4 Å². The van der Waals surface area contributed by atoms with Crippen molar-refractivity contribution in [1.29, 1.82) is 0 Å². The van der Waals surface area contributed by atoms with Crippen molar-refractivity contribution in [2.75, 3.05) is 14.2 Å². The van der Waals surface area contributed by atoms with Gasteiger partial charge in [-0.15, -0.1) is 0 Å². The van der Waals surface area contributed by atoms with Gasteiger partial charge in [0.2, 0.25) is 5.88 Å². The molecule has 1 rings (SSSR count). The Morgan fingerprint density at radius 1 is 1.50 bits per heavy atom. The van der Waals surface area contributed by atoms with Gasteiger partial charge in [-0.05, 0) is 12.5 Å². The lowest BCUT2D eigenvalue weighted by Crippen LogP contribution is -2.34. The minimum absolute atomic E-state index is 0.276. The molecule has 88 valence electrons. The van der Waals surface area contributed by atoms with Crippen LogP contribution in [0.2, 0.25) is 0 Å². The van der Waals surface area contributed by atoms with Gasteiger partial charge in [-0.25, -0.2) is 4.98 Å². The Morgan fingerprint density at radius 2 is 2.25 bits per heavy atom. The molecule has 0 aliphatic rings. The molecule has 0 radical (unpaired) electrons. The van der Waals surface area contributed by atoms with Crippen molar-refractivity contribution in [3.05, 3.63) is 23.9 Å². The Morgan fingerprint density at radius 3 is 2.75 bits per heavy atom. The molecule has 0 saturated carbocycles. The highest BCUT2D eigenvalue weighted by atomic mass is 16.5. The lowest BCUT2D eigenvalue weighted by molar-refractivity contribution is -0.142. The van der Waals surface area contributed by atoms with Crippen molar-refractivity contribution in [3.63, 3.8) is 0 Å². The Hall–Kier alpha value is -1.62. The zero-order chi connectivity index (χ0) is 12.0. The van der Waals surface area contributed by atoms with E-state index in [1.165, 1.54) is 7.11 Å². The Bertz CT molecular complexity index is 338. The topological polar surface area (TPSA) is 60.5 Å². The number of nitrogens with zero attached hydrogens (tertiary/aromatic N) is 1. The molecule has 0 bridgehead atoms. The van der Waals surface area contributed by atoms with E-state index in [0.717, 1.165) is 5.56 Å². The summed E-state index contributed by atoms with van der Waals surface area (Å²) in [5, 5.41) is 3.03. The van der Waals surface area contributed by atoms with Gasteiger partial charge in [-0.1, -0.05) is 6.07 Å². The molecule has 0 amide bonds. The van der Waals surface area contributed by atoms with Gasteiger partial charge >= 0.3 is 5.97 Å². The fourth-order valence-electron chi connectivity index (χ4n) is 1.17. The first-order chi connectivity index (χ1) is 7.67. The van der Waals surface area contributed by atoms with E-state index in [9.17, 15) is 4.79 Å². The zero-order valence-electron chi connectivity index (χ0n) is 9.69. The normalized spacial score (nSPS) is 11.9. The van der Waals surface area contributed by atoms with Crippen LogP contribution in [-0.4, -0.2) is 31.2 Å². The predicted molar refractivity (Wildman–Crippen MR) is 59.1 cm³/mol. The van der Waals surface area contributed by atoms with E-state index >= 15 is 0 Å². The molecule has 1 N–H and O–H groups in total. The molecule has 0 aliphatic carbocycles. The SMILES string of the molecule is COC(=O)C(C)NCc1ccc(OC)nc1. The van der Waals surface area contributed by atoms with Crippen molar-refractivity contribution < 1.29 is 14.3 Å². The highest BCUT2D eigenvalue weighted by molar-refractivity contribution is 5.75. The van der Waals surface area contributed by atoms with E-state index in [4.69, 9.17) is 4.74 Å². The van der Waals surface area contributed by atoms with Crippen molar-refractivity contribution in [2.45, 2.75) is 19.5 Å². The Labute approximate surface area is 94.8 Å². The number of carbonyl (C=O) groups excluding carboxylic acids is 1. The maximum atomic E-state index is 11.1. The lowest BCUT2D eigenvalue weighted by Gasteiger charge is -2.11. The first-order valence-electron chi connectivity index (χ1n) is 4.97. The maximum Gasteiger partial charge on any atom is 0.322 e. The van der Waals surface area contributed by atoms with Crippen LogP contribution in [0.25, 0.3) is 0 Å². The van der Waals surface area contributed by atoms with Crippen LogP contribution in [0.3, 0.4) is 0 Å². The number of methoxy groups -OCH3 is 2. The van der Waals surface area contributed by atoms with Gasteiger partial charge in [0.25, 0.3) is 0 Å². The minimum Gasteiger partial charge on any atom is -0.481 e. The van der Waals surface area contributed by atoms with E-state index in [2.05, 4.69) is 15.0 Å². The third kappa shape index (κ3) is 3.51. The van der Waals surface area contributed by atoms with Crippen molar-refractivity contribution in [3.8, 4) is 5.88 Å². The molecule has 1 atom stereocenters. The molecule has 0 saturated heterocycles. The highest BCUT2D eigenvalue weighted by Crippen LogP contribution is 2.06. The number of hydrogen-bond donors (Lipinski definition) is 1. The number of ether oxygens (including phenoxy) is 2. The minimum atomic E-state index is -0.327. The summed E-state index contributed by atoms with van der Waals surface area (Å²) in [4.78, 5) is 15.2. The third-order valence-corrected chi connectivity index (χ3v) is 2.17. The fraction of sp³-hybridized carbons (Fsp3) is 0.455. The summed E-state index contributed by atoms with van der Waals surface area (Å²) in [6.07, 6.45) is 1.70. The lowest BCUT2D eigenvalue weighted by atomic mass is 10.2. The molecule has 1 aromatic heterocycles. The number of esters is 1. The van der Waals surface area contributed by atoms with Crippen molar-refractivity contribution in [2.24, 2.45) is 0 Å². The van der Waals surface area contributed by atoms with Crippen LogP contribution in [0.15, 0.2) is 18.3 Å². The van der Waals surface area contributed by atoms with Gasteiger partial charge in [0, 0.05) is 18.8 Å². The summed E-state index contributed by atoms with van der Waals surface area (Å²) in [5.41, 5.74) is 0.983. The van der Waals surface area contributed by atoms with Crippen LogP contribution in [-0.2, 0) is 16.1 Å². The van der Waals surface area contributed by atoms with Gasteiger partial charge in [0.05, 0.1) is 14.2 Å². The zero-order valence-corrected chi connectivity index (χ0v) is 9.69. The predicted octanol–water partition coefficient (Wildman–Crippen LogP) is 0.741.